The highest BCUT2D eigenvalue weighted by Gasteiger charge is 2.39. The second kappa shape index (κ2) is 4.80. The van der Waals surface area contributed by atoms with Crippen molar-refractivity contribution in [2.45, 2.75) is 19.9 Å². The molecule has 6 heteroatoms. The van der Waals surface area contributed by atoms with Crippen molar-refractivity contribution in [3.8, 4) is 0 Å². The molecule has 0 bridgehead atoms. The summed E-state index contributed by atoms with van der Waals surface area (Å²) in [7, 11) is 0. The largest absolute Gasteiger partial charge is 0.510 e. The summed E-state index contributed by atoms with van der Waals surface area (Å²) >= 11 is 0. The van der Waals surface area contributed by atoms with Gasteiger partial charge in [-0.05, 0) is 38.1 Å². The molecule has 1 heterocycles. The molecule has 20 heavy (non-hydrogen) atoms. The van der Waals surface area contributed by atoms with Crippen LogP contribution >= 0.6 is 0 Å². The molecule has 1 atom stereocenters. The number of carbonyl (C=O) groups excluding carboxylic acids is 2. The normalized spacial score (nSPS) is 16.3. The van der Waals surface area contributed by atoms with Gasteiger partial charge in [0.05, 0.1) is 22.7 Å². The van der Waals surface area contributed by atoms with Gasteiger partial charge in [-0.2, -0.15) is 0 Å². The second-order valence-corrected chi connectivity index (χ2v) is 4.44. The highest BCUT2D eigenvalue weighted by atomic mass is 16.4. The number of imide groups is 1. The van der Waals surface area contributed by atoms with Crippen molar-refractivity contribution in [1.82, 2.24) is 4.90 Å². The average molecular weight is 275 g/mol. The van der Waals surface area contributed by atoms with E-state index >= 15 is 0 Å². The Morgan fingerprint density at radius 2 is 1.80 bits per heavy atom. The number of nitrogens with zero attached hydrogens (tertiary/aromatic N) is 1. The Morgan fingerprint density at radius 3 is 2.35 bits per heavy atom. The summed E-state index contributed by atoms with van der Waals surface area (Å²) in [5, 5.41) is 18.6. The Kier molecular flexibility index (Phi) is 3.31. The Hall–Kier alpha value is -2.63. The minimum atomic E-state index is -1.17. The fourth-order valence-corrected chi connectivity index (χ4v) is 2.12. The number of rotatable bonds is 3. The molecular weight excluding hydrogens is 262 g/mol. The van der Waals surface area contributed by atoms with Crippen LogP contribution in [0.4, 0.5) is 0 Å². The van der Waals surface area contributed by atoms with Crippen LogP contribution in [0.15, 0.2) is 30.0 Å². The average Bonchev–Trinajstić information content (AvgIpc) is 2.68. The number of hydrogen-bond acceptors (Lipinski definition) is 4. The summed E-state index contributed by atoms with van der Waals surface area (Å²) in [6.45, 7) is 3.11. The third-order valence-electron chi connectivity index (χ3n) is 3.28. The SMILES string of the molecule is CC=C(O)C(C)N1C(=O)c2ccc(C(=O)O)cc2C1=O. The zero-order chi connectivity index (χ0) is 15.0. The van der Waals surface area contributed by atoms with E-state index in [1.54, 1.807) is 6.92 Å². The van der Waals surface area contributed by atoms with E-state index in [-0.39, 0.29) is 22.4 Å². The number of carbonyl (C=O) groups is 3. The molecule has 2 amide bonds. The number of benzene rings is 1. The first-order chi connectivity index (χ1) is 9.38. The number of amides is 2. The molecule has 0 aliphatic carbocycles. The van der Waals surface area contributed by atoms with Crippen LogP contribution in [0.25, 0.3) is 0 Å². The Labute approximate surface area is 114 Å². The lowest BCUT2D eigenvalue weighted by atomic mass is 10.1. The second-order valence-electron chi connectivity index (χ2n) is 4.44. The van der Waals surface area contributed by atoms with Gasteiger partial charge in [0.2, 0.25) is 0 Å². The summed E-state index contributed by atoms with van der Waals surface area (Å²) in [5.74, 6) is -2.41. The van der Waals surface area contributed by atoms with Crippen LogP contribution in [0, 0.1) is 0 Å². The van der Waals surface area contributed by atoms with Crippen molar-refractivity contribution in [3.05, 3.63) is 46.7 Å². The topological polar surface area (TPSA) is 94.9 Å². The fourth-order valence-electron chi connectivity index (χ4n) is 2.12. The van der Waals surface area contributed by atoms with Crippen LogP contribution in [0.1, 0.15) is 44.9 Å². The number of aliphatic hydroxyl groups is 1. The number of hydrogen-bond donors (Lipinski definition) is 2. The molecule has 0 saturated heterocycles. The molecule has 0 radical (unpaired) electrons. The maximum atomic E-state index is 12.2. The number of allylic oxidation sites excluding steroid dienone is 1. The third kappa shape index (κ3) is 1.95. The first-order valence-corrected chi connectivity index (χ1v) is 5.99. The molecule has 0 fully saturated rings. The minimum Gasteiger partial charge on any atom is -0.510 e. The predicted octanol–water partition coefficient (Wildman–Crippen LogP) is 1.83. The molecule has 2 rings (SSSR count). The highest BCUT2D eigenvalue weighted by Crippen LogP contribution is 2.27. The van der Waals surface area contributed by atoms with Crippen molar-refractivity contribution in [1.29, 1.82) is 0 Å². The van der Waals surface area contributed by atoms with E-state index in [1.807, 2.05) is 0 Å². The highest BCUT2D eigenvalue weighted by molar-refractivity contribution is 6.22. The van der Waals surface area contributed by atoms with Gasteiger partial charge in [0, 0.05) is 0 Å². The molecular formula is C14H13NO5. The lowest BCUT2D eigenvalue weighted by molar-refractivity contribution is 0.0588. The number of fused-ring (bicyclic) bond motifs is 1. The van der Waals surface area contributed by atoms with E-state index in [4.69, 9.17) is 5.11 Å². The van der Waals surface area contributed by atoms with Crippen molar-refractivity contribution >= 4 is 17.8 Å². The molecule has 1 aliphatic heterocycles. The molecule has 1 aromatic rings. The monoisotopic (exact) mass is 275 g/mol. The van der Waals surface area contributed by atoms with E-state index in [9.17, 15) is 19.5 Å². The predicted molar refractivity (Wildman–Crippen MR) is 69.7 cm³/mol. The maximum absolute atomic E-state index is 12.2. The molecule has 1 aromatic carbocycles. The van der Waals surface area contributed by atoms with Crippen molar-refractivity contribution in [2.75, 3.05) is 0 Å². The molecule has 0 spiro atoms. The quantitative estimate of drug-likeness (QED) is 0.648. The molecule has 104 valence electrons. The van der Waals surface area contributed by atoms with Gasteiger partial charge >= 0.3 is 5.97 Å². The maximum Gasteiger partial charge on any atom is 0.335 e. The van der Waals surface area contributed by atoms with Crippen LogP contribution in [0.2, 0.25) is 0 Å². The first kappa shape index (κ1) is 13.8. The Bertz CT molecular complexity index is 647. The number of carboxylic acid groups (broad SMARTS) is 1. The van der Waals surface area contributed by atoms with Gasteiger partial charge in [0.15, 0.2) is 0 Å². The molecule has 2 N–H and O–H groups in total. The zero-order valence-electron chi connectivity index (χ0n) is 11.0. The number of carboxylic acids is 1. The molecule has 1 unspecified atom stereocenters. The van der Waals surface area contributed by atoms with E-state index in [0.717, 1.165) is 4.90 Å². The third-order valence-corrected chi connectivity index (χ3v) is 3.28. The van der Waals surface area contributed by atoms with Crippen LogP contribution in [0.5, 0.6) is 0 Å². The van der Waals surface area contributed by atoms with Crippen molar-refractivity contribution in [3.63, 3.8) is 0 Å². The lowest BCUT2D eigenvalue weighted by Crippen LogP contribution is -2.39. The van der Waals surface area contributed by atoms with E-state index in [2.05, 4.69) is 0 Å². The van der Waals surface area contributed by atoms with Gasteiger partial charge in [-0.3, -0.25) is 14.5 Å². The van der Waals surface area contributed by atoms with Gasteiger partial charge in [0.25, 0.3) is 11.8 Å². The van der Waals surface area contributed by atoms with Crippen molar-refractivity contribution in [2.24, 2.45) is 0 Å². The van der Waals surface area contributed by atoms with E-state index < -0.39 is 23.8 Å². The van der Waals surface area contributed by atoms with Crippen LogP contribution in [-0.2, 0) is 0 Å². The molecule has 1 aliphatic rings. The van der Waals surface area contributed by atoms with Gasteiger partial charge in [0.1, 0.15) is 5.76 Å². The summed E-state index contributed by atoms with van der Waals surface area (Å²) in [4.78, 5) is 36.2. The number of aliphatic hydroxyl groups excluding tert-OH is 1. The Morgan fingerprint density at radius 1 is 1.20 bits per heavy atom. The first-order valence-electron chi connectivity index (χ1n) is 5.99. The summed E-state index contributed by atoms with van der Waals surface area (Å²) in [6.07, 6.45) is 1.40. The zero-order valence-corrected chi connectivity index (χ0v) is 11.0. The summed E-state index contributed by atoms with van der Waals surface area (Å²) < 4.78 is 0. The molecule has 0 saturated carbocycles. The van der Waals surface area contributed by atoms with Gasteiger partial charge in [-0.1, -0.05) is 0 Å². The molecule has 6 nitrogen and oxygen atoms in total. The van der Waals surface area contributed by atoms with E-state index in [0.29, 0.717) is 0 Å². The Balaban J connectivity index is 2.48. The summed E-state index contributed by atoms with van der Waals surface area (Å²) in [5.41, 5.74) is 0.135. The van der Waals surface area contributed by atoms with Crippen molar-refractivity contribution < 1.29 is 24.6 Å². The smallest absolute Gasteiger partial charge is 0.335 e. The van der Waals surface area contributed by atoms with Gasteiger partial charge in [-0.25, -0.2) is 4.79 Å². The fraction of sp³-hybridized carbons (Fsp3) is 0.214. The standard InChI is InChI=1S/C14H13NO5/c1-3-11(16)7(2)15-12(17)9-5-4-8(14(19)20)6-10(9)13(15)18/h3-7,16H,1-2H3,(H,19,20). The van der Waals surface area contributed by atoms with E-state index in [1.165, 1.54) is 31.2 Å². The summed E-state index contributed by atoms with van der Waals surface area (Å²) in [6, 6.07) is 2.98. The van der Waals surface area contributed by atoms with Crippen LogP contribution < -0.4 is 0 Å². The number of aromatic carboxylic acids is 1. The molecule has 0 aromatic heterocycles. The van der Waals surface area contributed by atoms with Gasteiger partial charge in [-0.15, -0.1) is 0 Å². The van der Waals surface area contributed by atoms with Gasteiger partial charge < -0.3 is 10.2 Å². The minimum absolute atomic E-state index is 0.0469. The van der Waals surface area contributed by atoms with Crippen LogP contribution in [0.3, 0.4) is 0 Å². The lowest BCUT2D eigenvalue weighted by Gasteiger charge is -2.21. The van der Waals surface area contributed by atoms with Crippen LogP contribution in [-0.4, -0.2) is 38.9 Å².